The van der Waals surface area contributed by atoms with Crippen LogP contribution in [0.15, 0.2) is 0 Å². The fourth-order valence-electron chi connectivity index (χ4n) is 1.47. The molecule has 1 N–H and O–H groups in total. The Morgan fingerprint density at radius 1 is 1.55 bits per heavy atom. The SMILES string of the molecule is CCC(C)NCC1CN(C)C1. The summed E-state index contributed by atoms with van der Waals surface area (Å²) in [5.74, 6) is 0.911. The highest BCUT2D eigenvalue weighted by molar-refractivity contribution is 4.79. The Labute approximate surface area is 70.0 Å². The van der Waals surface area contributed by atoms with Crippen LogP contribution in [0, 0.1) is 5.92 Å². The van der Waals surface area contributed by atoms with E-state index in [9.17, 15) is 0 Å². The minimum atomic E-state index is 0.695. The zero-order valence-electron chi connectivity index (χ0n) is 7.93. The highest BCUT2D eigenvalue weighted by Gasteiger charge is 2.22. The van der Waals surface area contributed by atoms with Gasteiger partial charge in [-0.2, -0.15) is 0 Å². The van der Waals surface area contributed by atoms with Gasteiger partial charge in [0.05, 0.1) is 0 Å². The van der Waals surface area contributed by atoms with E-state index in [0.29, 0.717) is 6.04 Å². The van der Waals surface area contributed by atoms with Crippen LogP contribution in [0.25, 0.3) is 0 Å². The molecule has 0 aromatic rings. The van der Waals surface area contributed by atoms with Gasteiger partial charge in [0.25, 0.3) is 0 Å². The summed E-state index contributed by atoms with van der Waals surface area (Å²) in [6, 6.07) is 0.695. The van der Waals surface area contributed by atoms with Crippen LogP contribution in [0.3, 0.4) is 0 Å². The third-order valence-electron chi connectivity index (χ3n) is 2.51. The van der Waals surface area contributed by atoms with Gasteiger partial charge in [-0.25, -0.2) is 0 Å². The highest BCUT2D eigenvalue weighted by atomic mass is 15.2. The first-order valence-electron chi connectivity index (χ1n) is 4.64. The molecular formula is C9H20N2. The van der Waals surface area contributed by atoms with Crippen LogP contribution in [0.2, 0.25) is 0 Å². The second kappa shape index (κ2) is 4.07. The van der Waals surface area contributed by atoms with Crippen LogP contribution in [0.1, 0.15) is 20.3 Å². The number of likely N-dealkylation sites (tertiary alicyclic amines) is 1. The van der Waals surface area contributed by atoms with Crippen LogP contribution in [-0.2, 0) is 0 Å². The summed E-state index contributed by atoms with van der Waals surface area (Å²) in [6.45, 7) is 8.25. The summed E-state index contributed by atoms with van der Waals surface area (Å²) in [4.78, 5) is 2.36. The second-order valence-electron chi connectivity index (χ2n) is 3.80. The lowest BCUT2D eigenvalue weighted by molar-refractivity contribution is 0.130. The zero-order chi connectivity index (χ0) is 8.27. The van der Waals surface area contributed by atoms with Gasteiger partial charge in [0.2, 0.25) is 0 Å². The van der Waals surface area contributed by atoms with Crippen LogP contribution in [0.4, 0.5) is 0 Å². The number of nitrogens with one attached hydrogen (secondary N) is 1. The molecule has 1 unspecified atom stereocenters. The summed E-state index contributed by atoms with van der Waals surface area (Å²) < 4.78 is 0. The van der Waals surface area contributed by atoms with Gasteiger partial charge in [0, 0.05) is 25.7 Å². The quantitative estimate of drug-likeness (QED) is 0.651. The molecule has 0 saturated carbocycles. The van der Waals surface area contributed by atoms with Crippen molar-refractivity contribution >= 4 is 0 Å². The van der Waals surface area contributed by atoms with Gasteiger partial charge in [-0.3, -0.25) is 0 Å². The molecule has 1 fully saturated rings. The molecule has 1 saturated heterocycles. The predicted molar refractivity (Wildman–Crippen MR) is 48.7 cm³/mol. The largest absolute Gasteiger partial charge is 0.314 e. The van der Waals surface area contributed by atoms with Crippen molar-refractivity contribution in [2.24, 2.45) is 5.92 Å². The van der Waals surface area contributed by atoms with Crippen molar-refractivity contribution in [2.45, 2.75) is 26.3 Å². The number of hydrogen-bond donors (Lipinski definition) is 1. The summed E-state index contributed by atoms with van der Waals surface area (Å²) >= 11 is 0. The van der Waals surface area contributed by atoms with E-state index < -0.39 is 0 Å². The maximum absolute atomic E-state index is 3.53. The minimum absolute atomic E-state index is 0.695. The van der Waals surface area contributed by atoms with Crippen LogP contribution in [0.5, 0.6) is 0 Å². The molecule has 0 aromatic heterocycles. The molecule has 0 radical (unpaired) electrons. The van der Waals surface area contributed by atoms with E-state index >= 15 is 0 Å². The van der Waals surface area contributed by atoms with Crippen LogP contribution < -0.4 is 5.32 Å². The van der Waals surface area contributed by atoms with Crippen LogP contribution in [-0.4, -0.2) is 37.6 Å². The van der Waals surface area contributed by atoms with E-state index in [4.69, 9.17) is 0 Å². The molecule has 2 heteroatoms. The third kappa shape index (κ3) is 2.80. The monoisotopic (exact) mass is 156 g/mol. The molecule has 0 amide bonds. The Hall–Kier alpha value is -0.0800. The maximum Gasteiger partial charge on any atom is 0.00362 e. The first kappa shape index (κ1) is 9.01. The molecule has 1 aliphatic heterocycles. The van der Waals surface area contributed by atoms with Crippen LogP contribution >= 0.6 is 0 Å². The van der Waals surface area contributed by atoms with E-state index in [2.05, 4.69) is 31.1 Å². The van der Waals surface area contributed by atoms with Crippen molar-refractivity contribution in [2.75, 3.05) is 26.7 Å². The minimum Gasteiger partial charge on any atom is -0.314 e. The number of rotatable bonds is 4. The molecule has 1 aliphatic rings. The van der Waals surface area contributed by atoms with E-state index in [1.165, 1.54) is 26.1 Å². The van der Waals surface area contributed by atoms with Crippen molar-refractivity contribution in [3.8, 4) is 0 Å². The Morgan fingerprint density at radius 2 is 2.18 bits per heavy atom. The molecule has 1 rings (SSSR count). The molecule has 0 aromatic carbocycles. The van der Waals surface area contributed by atoms with Crippen molar-refractivity contribution in [3.63, 3.8) is 0 Å². The standard InChI is InChI=1S/C9H20N2/c1-4-8(2)10-5-9-6-11(3)7-9/h8-10H,4-7H2,1-3H3. The summed E-state index contributed by atoms with van der Waals surface area (Å²) in [5.41, 5.74) is 0. The molecule has 0 bridgehead atoms. The Morgan fingerprint density at radius 3 is 2.64 bits per heavy atom. The topological polar surface area (TPSA) is 15.3 Å². The van der Waals surface area contributed by atoms with Gasteiger partial charge in [-0.15, -0.1) is 0 Å². The summed E-state index contributed by atoms with van der Waals surface area (Å²) in [5, 5.41) is 3.53. The zero-order valence-corrected chi connectivity index (χ0v) is 7.93. The van der Waals surface area contributed by atoms with E-state index in [1.807, 2.05) is 0 Å². The van der Waals surface area contributed by atoms with E-state index in [-0.39, 0.29) is 0 Å². The van der Waals surface area contributed by atoms with Crippen molar-refractivity contribution in [1.29, 1.82) is 0 Å². The molecule has 0 spiro atoms. The predicted octanol–water partition coefficient (Wildman–Crippen LogP) is 0.936. The van der Waals surface area contributed by atoms with Crippen molar-refractivity contribution < 1.29 is 0 Å². The van der Waals surface area contributed by atoms with Crippen molar-refractivity contribution in [3.05, 3.63) is 0 Å². The fraction of sp³-hybridized carbons (Fsp3) is 1.00. The lowest BCUT2D eigenvalue weighted by Crippen LogP contribution is -2.49. The average molecular weight is 156 g/mol. The second-order valence-corrected chi connectivity index (χ2v) is 3.80. The lowest BCUT2D eigenvalue weighted by atomic mass is 10.0. The molecule has 1 heterocycles. The van der Waals surface area contributed by atoms with E-state index in [1.54, 1.807) is 0 Å². The highest BCUT2D eigenvalue weighted by Crippen LogP contribution is 2.11. The number of nitrogens with zero attached hydrogens (tertiary/aromatic N) is 1. The van der Waals surface area contributed by atoms with Gasteiger partial charge in [-0.05, 0) is 26.3 Å². The van der Waals surface area contributed by atoms with Gasteiger partial charge in [0.1, 0.15) is 0 Å². The van der Waals surface area contributed by atoms with Gasteiger partial charge in [-0.1, -0.05) is 6.92 Å². The van der Waals surface area contributed by atoms with Gasteiger partial charge in [0.15, 0.2) is 0 Å². The summed E-state index contributed by atoms with van der Waals surface area (Å²) in [6.07, 6.45) is 1.24. The molecule has 0 aliphatic carbocycles. The molecular weight excluding hydrogens is 136 g/mol. The van der Waals surface area contributed by atoms with Crippen molar-refractivity contribution in [1.82, 2.24) is 10.2 Å². The molecule has 2 nitrogen and oxygen atoms in total. The first-order chi connectivity index (χ1) is 5.22. The maximum atomic E-state index is 3.53. The normalized spacial score (nSPS) is 23.2. The van der Waals surface area contributed by atoms with E-state index in [0.717, 1.165) is 5.92 Å². The first-order valence-corrected chi connectivity index (χ1v) is 4.64. The summed E-state index contributed by atoms with van der Waals surface area (Å²) in [7, 11) is 2.18. The Kier molecular flexibility index (Phi) is 3.34. The fourth-order valence-corrected chi connectivity index (χ4v) is 1.47. The Bertz CT molecular complexity index is 108. The molecule has 66 valence electrons. The third-order valence-corrected chi connectivity index (χ3v) is 2.51. The smallest absolute Gasteiger partial charge is 0.00362 e. The average Bonchev–Trinajstić information content (AvgIpc) is 1.95. The number of hydrogen-bond acceptors (Lipinski definition) is 2. The van der Waals surface area contributed by atoms with Gasteiger partial charge >= 0.3 is 0 Å². The molecule has 1 atom stereocenters. The Balaban J connectivity index is 1.96. The van der Waals surface area contributed by atoms with Gasteiger partial charge < -0.3 is 10.2 Å². The molecule has 11 heavy (non-hydrogen) atoms. The lowest BCUT2D eigenvalue weighted by Gasteiger charge is -2.36.